The van der Waals surface area contributed by atoms with Gasteiger partial charge in [0, 0.05) is 0 Å². The Balaban J connectivity index is 0. The summed E-state index contributed by atoms with van der Waals surface area (Å²) >= 11 is 0. The minimum Gasteiger partial charge on any atom is -1.00 e. The van der Waals surface area contributed by atoms with E-state index in [0.29, 0.717) is 0 Å². The largest absolute Gasteiger partial charge is 4.00 e. The van der Waals surface area contributed by atoms with Gasteiger partial charge >= 0.3 is 25.8 Å². The van der Waals surface area contributed by atoms with Gasteiger partial charge in [-0.15, -0.1) is 34.5 Å². The molecule has 66 valence electrons. The zero-order valence-electron chi connectivity index (χ0n) is 7.22. The summed E-state index contributed by atoms with van der Waals surface area (Å²) in [7, 11) is 0. The van der Waals surface area contributed by atoms with Gasteiger partial charge < -0.3 is 24.8 Å². The van der Waals surface area contributed by atoms with Gasteiger partial charge in [-0.2, -0.15) is 12.1 Å². The van der Waals surface area contributed by atoms with E-state index in [1.807, 2.05) is 0 Å². The summed E-state index contributed by atoms with van der Waals surface area (Å²) in [4.78, 5) is 0. The van der Waals surface area contributed by atoms with E-state index in [1.54, 1.807) is 0 Å². The monoisotopic (exact) mass is 379 g/mol. The Morgan fingerprint density at radius 3 is 2.23 bits per heavy atom. The predicted octanol–water partition coefficient (Wildman–Crippen LogP) is -3.13. The number of fused-ring (bicyclic) bond motifs is 1. The van der Waals surface area contributed by atoms with Gasteiger partial charge in [-0.3, -0.25) is 0 Å². The Morgan fingerprint density at radius 1 is 1.00 bits per heavy atom. The maximum atomic E-state index is 2.16. The van der Waals surface area contributed by atoms with Gasteiger partial charge in [0.1, 0.15) is 0 Å². The van der Waals surface area contributed by atoms with Crippen LogP contribution in [0.1, 0.15) is 5.56 Å². The van der Waals surface area contributed by atoms with E-state index in [4.69, 9.17) is 0 Å². The molecule has 3 heteroatoms. The van der Waals surface area contributed by atoms with Crippen LogP contribution in [-0.2, 0) is 25.8 Å². The van der Waals surface area contributed by atoms with E-state index in [0.717, 1.165) is 0 Å². The molecular weight excluding hydrogens is 370 g/mol. The molecule has 0 aliphatic heterocycles. The number of rotatable bonds is 0. The first-order chi connectivity index (χ1) is 4.88. The summed E-state index contributed by atoms with van der Waals surface area (Å²) in [5, 5.41) is 2.72. The molecule has 0 unspecified atom stereocenters. The Kier molecular flexibility index (Phi) is 8.10. The molecule has 0 aliphatic rings. The number of hydrogen-bond acceptors (Lipinski definition) is 0. The standard InChI is InChI=1S/C10H9.2ClH.Hf/c1-8-6-7-9-4-2-3-5-10(8)9;;;/h2-7H,1H3;2*1H;/q-1;;;+4/p-2. The van der Waals surface area contributed by atoms with Crippen molar-refractivity contribution >= 4 is 10.8 Å². The number of hydrogen-bond donors (Lipinski definition) is 0. The van der Waals surface area contributed by atoms with Gasteiger partial charge in [0.05, 0.1) is 0 Å². The molecule has 2 aromatic carbocycles. The molecule has 0 atom stereocenters. The SMILES string of the molecule is C[c-]1ccc2ccccc21.[Cl-].[Cl-].[Hf+4]. The van der Waals surface area contributed by atoms with Crippen LogP contribution in [0.2, 0.25) is 0 Å². The van der Waals surface area contributed by atoms with Gasteiger partial charge in [-0.1, -0.05) is 13.0 Å². The Morgan fingerprint density at radius 2 is 1.62 bits per heavy atom. The van der Waals surface area contributed by atoms with Crippen LogP contribution in [0, 0.1) is 6.92 Å². The van der Waals surface area contributed by atoms with Gasteiger partial charge in [-0.05, 0) is 0 Å². The van der Waals surface area contributed by atoms with E-state index in [1.165, 1.54) is 16.3 Å². The smallest absolute Gasteiger partial charge is 1.00 e. The Labute approximate surface area is 110 Å². The molecule has 0 aliphatic carbocycles. The molecular formula is C10H9Cl2Hf+. The molecule has 0 bridgehead atoms. The van der Waals surface area contributed by atoms with Crippen molar-refractivity contribution in [3.05, 3.63) is 42.0 Å². The molecule has 2 aromatic rings. The molecule has 0 radical (unpaired) electrons. The van der Waals surface area contributed by atoms with E-state index < -0.39 is 0 Å². The van der Waals surface area contributed by atoms with Crippen molar-refractivity contribution in [2.75, 3.05) is 0 Å². The zero-order chi connectivity index (χ0) is 6.97. The summed E-state index contributed by atoms with van der Waals surface area (Å²) in [5.74, 6) is 0. The fourth-order valence-electron chi connectivity index (χ4n) is 1.31. The quantitative estimate of drug-likeness (QED) is 0.336. The van der Waals surface area contributed by atoms with Crippen molar-refractivity contribution < 1.29 is 50.7 Å². The minimum absolute atomic E-state index is 0. The summed E-state index contributed by atoms with van der Waals surface area (Å²) < 4.78 is 0. The third-order valence-electron chi connectivity index (χ3n) is 1.90. The van der Waals surface area contributed by atoms with Gasteiger partial charge in [0.2, 0.25) is 0 Å². The van der Waals surface area contributed by atoms with Crippen LogP contribution in [0.3, 0.4) is 0 Å². The van der Waals surface area contributed by atoms with Gasteiger partial charge in [-0.25, -0.2) is 0 Å². The molecule has 0 fully saturated rings. The Bertz CT molecular complexity index is 354. The zero-order valence-corrected chi connectivity index (χ0v) is 12.3. The minimum atomic E-state index is 0. The second-order valence-corrected chi connectivity index (χ2v) is 2.60. The maximum absolute atomic E-state index is 2.16. The van der Waals surface area contributed by atoms with Crippen molar-refractivity contribution in [2.45, 2.75) is 6.92 Å². The topological polar surface area (TPSA) is 0 Å². The molecule has 0 saturated heterocycles. The number of halogens is 2. The number of aryl methyl sites for hydroxylation is 1. The fraction of sp³-hybridized carbons (Fsp3) is 0.100. The number of benzene rings is 1. The first-order valence-electron chi connectivity index (χ1n) is 3.49. The molecule has 2 rings (SSSR count). The van der Waals surface area contributed by atoms with E-state index in [2.05, 4.69) is 43.3 Å². The van der Waals surface area contributed by atoms with Crippen LogP contribution < -0.4 is 24.8 Å². The molecule has 0 amide bonds. The summed E-state index contributed by atoms with van der Waals surface area (Å²) in [6.07, 6.45) is 0. The third kappa shape index (κ3) is 3.16. The van der Waals surface area contributed by atoms with E-state index >= 15 is 0 Å². The molecule has 13 heavy (non-hydrogen) atoms. The molecule has 0 saturated carbocycles. The second kappa shape index (κ2) is 6.69. The van der Waals surface area contributed by atoms with Crippen molar-refractivity contribution in [1.82, 2.24) is 0 Å². The Hall–Kier alpha value is 0.280. The van der Waals surface area contributed by atoms with Crippen molar-refractivity contribution in [1.29, 1.82) is 0 Å². The average Bonchev–Trinajstić information content (AvgIpc) is 2.34. The van der Waals surface area contributed by atoms with Crippen molar-refractivity contribution in [3.63, 3.8) is 0 Å². The second-order valence-electron chi connectivity index (χ2n) is 2.60. The average molecular weight is 379 g/mol. The van der Waals surface area contributed by atoms with Crippen LogP contribution in [-0.4, -0.2) is 0 Å². The van der Waals surface area contributed by atoms with Crippen molar-refractivity contribution in [2.24, 2.45) is 0 Å². The summed E-state index contributed by atoms with van der Waals surface area (Å²) in [6.45, 7) is 2.14. The third-order valence-corrected chi connectivity index (χ3v) is 1.90. The fourth-order valence-corrected chi connectivity index (χ4v) is 1.31. The van der Waals surface area contributed by atoms with Crippen LogP contribution in [0.25, 0.3) is 10.8 Å². The summed E-state index contributed by atoms with van der Waals surface area (Å²) in [5.41, 5.74) is 1.37. The van der Waals surface area contributed by atoms with Gasteiger partial charge in [0.15, 0.2) is 0 Å². The van der Waals surface area contributed by atoms with Crippen LogP contribution in [0.4, 0.5) is 0 Å². The van der Waals surface area contributed by atoms with E-state index in [9.17, 15) is 0 Å². The molecule has 0 heterocycles. The normalized spacial score (nSPS) is 8.08. The maximum Gasteiger partial charge on any atom is 4.00 e. The molecule has 0 N–H and O–H groups in total. The first-order valence-corrected chi connectivity index (χ1v) is 3.49. The first kappa shape index (κ1) is 15.7. The molecule has 0 spiro atoms. The predicted molar refractivity (Wildman–Crippen MR) is 44.3 cm³/mol. The van der Waals surface area contributed by atoms with E-state index in [-0.39, 0.29) is 50.7 Å². The van der Waals surface area contributed by atoms with Crippen LogP contribution in [0.15, 0.2) is 36.4 Å². The van der Waals surface area contributed by atoms with Crippen molar-refractivity contribution in [3.8, 4) is 0 Å². The van der Waals surface area contributed by atoms with Crippen LogP contribution >= 0.6 is 0 Å². The van der Waals surface area contributed by atoms with Gasteiger partial charge in [0.25, 0.3) is 0 Å². The molecule has 0 nitrogen and oxygen atoms in total. The summed E-state index contributed by atoms with van der Waals surface area (Å²) in [6, 6.07) is 12.8. The molecule has 0 aromatic heterocycles. The van der Waals surface area contributed by atoms with Crippen LogP contribution in [0.5, 0.6) is 0 Å².